The Labute approximate surface area is 59.1 Å². The van der Waals surface area contributed by atoms with Gasteiger partial charge in [0.1, 0.15) is 5.76 Å². The van der Waals surface area contributed by atoms with Crippen LogP contribution in [0, 0.1) is 5.92 Å². The summed E-state index contributed by atoms with van der Waals surface area (Å²) in [5.74, 6) is 1.31. The van der Waals surface area contributed by atoms with Crippen molar-refractivity contribution < 1.29 is 4.74 Å². The molecule has 0 spiro atoms. The first-order valence-corrected chi connectivity index (χ1v) is 3.32. The van der Waals surface area contributed by atoms with Crippen LogP contribution in [0.1, 0.15) is 0 Å². The van der Waals surface area contributed by atoms with Crippen molar-refractivity contribution in [3.8, 4) is 0 Å². The Morgan fingerprint density at radius 2 is 2.50 bits per heavy atom. The minimum atomic E-state index is 0.304. The van der Waals surface area contributed by atoms with E-state index in [1.807, 2.05) is 12.3 Å². The van der Waals surface area contributed by atoms with Crippen LogP contribution in [0.4, 0.5) is 0 Å². The zero-order chi connectivity index (χ0) is 6.81. The maximum absolute atomic E-state index is 5.16. The fourth-order valence-corrected chi connectivity index (χ4v) is 1.08. The molecule has 2 heterocycles. The summed E-state index contributed by atoms with van der Waals surface area (Å²) in [4.78, 5) is 8.09. The van der Waals surface area contributed by atoms with Gasteiger partial charge in [-0.05, 0) is 6.08 Å². The molecule has 0 radical (unpaired) electrons. The molecule has 0 amide bonds. The van der Waals surface area contributed by atoms with E-state index in [0.717, 1.165) is 18.8 Å². The highest BCUT2D eigenvalue weighted by Gasteiger charge is 2.17. The predicted molar refractivity (Wildman–Crippen MR) is 39.4 cm³/mol. The van der Waals surface area contributed by atoms with Gasteiger partial charge in [0.2, 0.25) is 0 Å². The van der Waals surface area contributed by atoms with E-state index in [9.17, 15) is 0 Å². The van der Waals surface area contributed by atoms with Crippen molar-refractivity contribution in [3.05, 3.63) is 11.8 Å². The Kier molecular flexibility index (Phi) is 1.27. The van der Waals surface area contributed by atoms with Gasteiger partial charge >= 0.3 is 0 Å². The van der Waals surface area contributed by atoms with Crippen molar-refractivity contribution in [2.24, 2.45) is 15.9 Å². The lowest BCUT2D eigenvalue weighted by Gasteiger charge is -2.19. The SMILES string of the molecule is C1=NCC=C2OC=NCC12. The van der Waals surface area contributed by atoms with Gasteiger partial charge in [-0.15, -0.1) is 0 Å². The van der Waals surface area contributed by atoms with Crippen molar-refractivity contribution in [3.63, 3.8) is 0 Å². The highest BCUT2D eigenvalue weighted by atomic mass is 16.5. The van der Waals surface area contributed by atoms with Gasteiger partial charge in [0.25, 0.3) is 0 Å². The van der Waals surface area contributed by atoms with Gasteiger partial charge in [-0.25, -0.2) is 0 Å². The number of aliphatic imine (C=N–C) groups is 2. The average Bonchev–Trinajstić information content (AvgIpc) is 2.05. The molecule has 0 aromatic heterocycles. The van der Waals surface area contributed by atoms with Gasteiger partial charge in [-0.1, -0.05) is 0 Å². The minimum absolute atomic E-state index is 0.304. The van der Waals surface area contributed by atoms with Crippen LogP contribution in [0.2, 0.25) is 0 Å². The third-order valence-electron chi connectivity index (χ3n) is 1.61. The maximum atomic E-state index is 5.16. The van der Waals surface area contributed by atoms with Crippen molar-refractivity contribution in [1.82, 2.24) is 0 Å². The number of hydrogen-bond donors (Lipinski definition) is 0. The van der Waals surface area contributed by atoms with Crippen LogP contribution in [0.3, 0.4) is 0 Å². The normalized spacial score (nSPS) is 28.8. The summed E-state index contributed by atoms with van der Waals surface area (Å²) >= 11 is 0. The molecule has 0 fully saturated rings. The van der Waals surface area contributed by atoms with E-state index in [2.05, 4.69) is 9.98 Å². The van der Waals surface area contributed by atoms with Gasteiger partial charge in [0, 0.05) is 6.21 Å². The Hall–Kier alpha value is -1.12. The summed E-state index contributed by atoms with van der Waals surface area (Å²) in [5.41, 5.74) is 0. The summed E-state index contributed by atoms with van der Waals surface area (Å²) in [6.45, 7) is 1.54. The molecular formula is C7H8N2O. The zero-order valence-corrected chi connectivity index (χ0v) is 5.53. The van der Waals surface area contributed by atoms with Crippen LogP contribution in [-0.4, -0.2) is 25.7 Å². The molecular weight excluding hydrogens is 128 g/mol. The van der Waals surface area contributed by atoms with E-state index < -0.39 is 0 Å². The molecule has 2 aliphatic rings. The molecule has 0 saturated heterocycles. The van der Waals surface area contributed by atoms with E-state index in [1.165, 1.54) is 6.40 Å². The molecule has 2 rings (SSSR count). The van der Waals surface area contributed by atoms with Crippen molar-refractivity contribution in [2.75, 3.05) is 13.1 Å². The van der Waals surface area contributed by atoms with Gasteiger partial charge in [0.05, 0.1) is 19.0 Å². The molecule has 1 unspecified atom stereocenters. The molecule has 0 N–H and O–H groups in total. The van der Waals surface area contributed by atoms with Crippen LogP contribution < -0.4 is 0 Å². The quantitative estimate of drug-likeness (QED) is 0.481. The van der Waals surface area contributed by atoms with Crippen LogP contribution >= 0.6 is 0 Å². The van der Waals surface area contributed by atoms with Crippen LogP contribution in [0.25, 0.3) is 0 Å². The highest BCUT2D eigenvalue weighted by molar-refractivity contribution is 5.69. The highest BCUT2D eigenvalue weighted by Crippen LogP contribution is 2.16. The number of rotatable bonds is 0. The van der Waals surface area contributed by atoms with E-state index in [0.29, 0.717) is 5.92 Å². The summed E-state index contributed by atoms with van der Waals surface area (Å²) < 4.78 is 5.16. The first kappa shape index (κ1) is 5.65. The molecule has 3 nitrogen and oxygen atoms in total. The Balaban J connectivity index is 2.23. The Morgan fingerprint density at radius 1 is 1.50 bits per heavy atom. The van der Waals surface area contributed by atoms with Gasteiger partial charge in [-0.2, -0.15) is 0 Å². The lowest BCUT2D eigenvalue weighted by molar-refractivity contribution is 0.364. The second-order valence-electron chi connectivity index (χ2n) is 2.32. The maximum Gasteiger partial charge on any atom is 0.176 e. The standard InChI is InChI=1S/C7H8N2O/c1-2-8-3-6-4-9-5-10-7(1)6/h1,3,5-6H,2,4H2. The number of nitrogens with zero attached hydrogens (tertiary/aromatic N) is 2. The summed E-state index contributed by atoms with van der Waals surface area (Å²) in [6.07, 6.45) is 5.41. The molecule has 0 aromatic carbocycles. The fraction of sp³-hybridized carbons (Fsp3) is 0.429. The van der Waals surface area contributed by atoms with E-state index in [1.54, 1.807) is 0 Å². The number of dihydropyridines is 1. The van der Waals surface area contributed by atoms with Gasteiger partial charge in [0.15, 0.2) is 6.40 Å². The molecule has 0 saturated carbocycles. The molecule has 52 valence electrons. The molecule has 10 heavy (non-hydrogen) atoms. The predicted octanol–water partition coefficient (Wildman–Crippen LogP) is 0.629. The van der Waals surface area contributed by atoms with Crippen molar-refractivity contribution >= 4 is 12.6 Å². The number of fused-ring (bicyclic) bond motifs is 1. The van der Waals surface area contributed by atoms with Crippen molar-refractivity contribution in [2.45, 2.75) is 0 Å². The Morgan fingerprint density at radius 3 is 3.40 bits per heavy atom. The first-order valence-electron chi connectivity index (χ1n) is 3.32. The van der Waals surface area contributed by atoms with E-state index in [4.69, 9.17) is 4.74 Å². The molecule has 0 bridgehead atoms. The third-order valence-corrected chi connectivity index (χ3v) is 1.61. The fourth-order valence-electron chi connectivity index (χ4n) is 1.08. The second kappa shape index (κ2) is 2.25. The number of ether oxygens (including phenoxy) is 1. The van der Waals surface area contributed by atoms with E-state index >= 15 is 0 Å². The Bertz CT molecular complexity index is 218. The monoisotopic (exact) mass is 136 g/mol. The summed E-state index contributed by atoms with van der Waals surface area (Å²) in [5, 5.41) is 0. The van der Waals surface area contributed by atoms with Crippen LogP contribution in [0.15, 0.2) is 21.8 Å². The third kappa shape index (κ3) is 0.835. The second-order valence-corrected chi connectivity index (χ2v) is 2.32. The zero-order valence-electron chi connectivity index (χ0n) is 5.53. The lowest BCUT2D eigenvalue weighted by atomic mass is 10.1. The average molecular weight is 136 g/mol. The van der Waals surface area contributed by atoms with Crippen LogP contribution in [-0.2, 0) is 4.74 Å². The van der Waals surface area contributed by atoms with Gasteiger partial charge < -0.3 is 4.74 Å². The number of hydrogen-bond acceptors (Lipinski definition) is 3. The summed E-state index contributed by atoms with van der Waals surface area (Å²) in [6, 6.07) is 0. The largest absolute Gasteiger partial charge is 0.450 e. The molecule has 2 aliphatic heterocycles. The topological polar surface area (TPSA) is 34.0 Å². The molecule has 3 heteroatoms. The van der Waals surface area contributed by atoms with Gasteiger partial charge in [-0.3, -0.25) is 9.98 Å². The smallest absolute Gasteiger partial charge is 0.176 e. The molecule has 1 atom stereocenters. The lowest BCUT2D eigenvalue weighted by Crippen LogP contribution is -2.19. The summed E-state index contributed by atoms with van der Waals surface area (Å²) in [7, 11) is 0. The molecule has 0 aromatic rings. The van der Waals surface area contributed by atoms with E-state index in [-0.39, 0.29) is 0 Å². The first-order chi connectivity index (χ1) is 4.97. The van der Waals surface area contributed by atoms with Crippen molar-refractivity contribution in [1.29, 1.82) is 0 Å². The van der Waals surface area contributed by atoms with Crippen LogP contribution in [0.5, 0.6) is 0 Å². The minimum Gasteiger partial charge on any atom is -0.450 e. The molecule has 0 aliphatic carbocycles.